The van der Waals surface area contributed by atoms with Gasteiger partial charge < -0.3 is 14.7 Å². The summed E-state index contributed by atoms with van der Waals surface area (Å²) >= 11 is 0. The van der Waals surface area contributed by atoms with E-state index in [2.05, 4.69) is 29.2 Å². The monoisotopic (exact) mass is 344 g/mol. The highest BCUT2D eigenvalue weighted by Crippen LogP contribution is 2.42. The van der Waals surface area contributed by atoms with E-state index in [0.717, 1.165) is 45.3 Å². The van der Waals surface area contributed by atoms with Gasteiger partial charge in [-0.05, 0) is 43.2 Å². The highest BCUT2D eigenvalue weighted by atomic mass is 16.5. The summed E-state index contributed by atoms with van der Waals surface area (Å²) in [5.74, 6) is 0.178. The Morgan fingerprint density at radius 1 is 1.28 bits per heavy atom. The summed E-state index contributed by atoms with van der Waals surface area (Å²) in [6.07, 6.45) is 3.83. The Kier molecular flexibility index (Phi) is 4.56. The van der Waals surface area contributed by atoms with Gasteiger partial charge in [-0.1, -0.05) is 24.3 Å². The van der Waals surface area contributed by atoms with Gasteiger partial charge in [-0.2, -0.15) is 0 Å². The van der Waals surface area contributed by atoms with Crippen LogP contribution in [0.2, 0.25) is 0 Å². The molecule has 0 aromatic heterocycles. The average Bonchev–Trinajstić information content (AvgIpc) is 3.01. The predicted octanol–water partition coefficient (Wildman–Crippen LogP) is 1.58. The third kappa shape index (κ3) is 3.09. The summed E-state index contributed by atoms with van der Waals surface area (Å²) in [6.45, 7) is 2.98. The fourth-order valence-electron chi connectivity index (χ4n) is 4.95. The first-order valence-electron chi connectivity index (χ1n) is 9.43. The summed E-state index contributed by atoms with van der Waals surface area (Å²) in [4.78, 5) is 17.2. The molecular weight excluding hydrogens is 316 g/mol. The number of likely N-dealkylation sites (tertiary alicyclic amines) is 1. The molecule has 3 atom stereocenters. The van der Waals surface area contributed by atoms with E-state index < -0.39 is 0 Å². The molecule has 1 saturated carbocycles. The largest absolute Gasteiger partial charge is 0.393 e. The van der Waals surface area contributed by atoms with Crippen LogP contribution in [-0.2, 0) is 22.5 Å². The Morgan fingerprint density at radius 2 is 2.08 bits per heavy atom. The molecule has 1 saturated heterocycles. The molecule has 25 heavy (non-hydrogen) atoms. The summed E-state index contributed by atoms with van der Waals surface area (Å²) in [7, 11) is 1.75. The number of hydrogen-bond acceptors (Lipinski definition) is 4. The van der Waals surface area contributed by atoms with Crippen molar-refractivity contribution in [1.29, 1.82) is 0 Å². The van der Waals surface area contributed by atoms with Gasteiger partial charge in [0, 0.05) is 26.7 Å². The second kappa shape index (κ2) is 6.71. The van der Waals surface area contributed by atoms with Gasteiger partial charge in [-0.15, -0.1) is 0 Å². The number of aliphatic hydroxyl groups excluding tert-OH is 1. The number of carbonyl (C=O) groups is 1. The third-order valence-corrected chi connectivity index (χ3v) is 6.45. The summed E-state index contributed by atoms with van der Waals surface area (Å²) in [5.41, 5.74) is 2.49. The topological polar surface area (TPSA) is 53.0 Å². The third-order valence-electron chi connectivity index (χ3n) is 6.45. The van der Waals surface area contributed by atoms with E-state index >= 15 is 0 Å². The van der Waals surface area contributed by atoms with Gasteiger partial charge in [0.05, 0.1) is 24.3 Å². The number of nitrogens with zero attached hydrogens (tertiary/aromatic N) is 2. The van der Waals surface area contributed by atoms with Crippen LogP contribution in [0.3, 0.4) is 0 Å². The van der Waals surface area contributed by atoms with Crippen LogP contribution in [0.4, 0.5) is 0 Å². The van der Waals surface area contributed by atoms with Crippen molar-refractivity contribution in [1.82, 2.24) is 9.80 Å². The van der Waals surface area contributed by atoms with Gasteiger partial charge in [0.2, 0.25) is 5.91 Å². The van der Waals surface area contributed by atoms with Crippen LogP contribution in [-0.4, -0.2) is 65.3 Å². The molecule has 1 N–H and O–H groups in total. The van der Waals surface area contributed by atoms with E-state index in [9.17, 15) is 9.90 Å². The minimum absolute atomic E-state index is 0.0193. The molecule has 5 nitrogen and oxygen atoms in total. The fourth-order valence-corrected chi connectivity index (χ4v) is 4.95. The number of fused-ring (bicyclic) bond motifs is 2. The smallest absolute Gasteiger partial charge is 0.237 e. The molecule has 5 heteroatoms. The second-order valence-corrected chi connectivity index (χ2v) is 7.78. The number of aliphatic hydroxyl groups is 1. The van der Waals surface area contributed by atoms with Crippen molar-refractivity contribution in [3.8, 4) is 0 Å². The lowest BCUT2D eigenvalue weighted by atomic mass is 9.79. The highest BCUT2D eigenvalue weighted by Gasteiger charge is 2.52. The lowest BCUT2D eigenvalue weighted by molar-refractivity contribution is -0.141. The number of methoxy groups -OCH3 is 1. The van der Waals surface area contributed by atoms with E-state index in [1.165, 1.54) is 11.1 Å². The van der Waals surface area contributed by atoms with Crippen LogP contribution in [0.1, 0.15) is 36.8 Å². The van der Waals surface area contributed by atoms with E-state index in [1.807, 2.05) is 4.90 Å². The number of rotatable bonds is 3. The average molecular weight is 344 g/mol. The van der Waals surface area contributed by atoms with E-state index in [-0.39, 0.29) is 23.7 Å². The van der Waals surface area contributed by atoms with Crippen molar-refractivity contribution < 1.29 is 14.6 Å². The van der Waals surface area contributed by atoms with Gasteiger partial charge in [0.15, 0.2) is 0 Å². The minimum Gasteiger partial charge on any atom is -0.393 e. The first-order chi connectivity index (χ1) is 12.1. The number of ether oxygens (including phenoxy) is 1. The molecule has 1 aromatic rings. The number of hydrogen-bond donors (Lipinski definition) is 1. The highest BCUT2D eigenvalue weighted by molar-refractivity contribution is 5.79. The normalized spacial score (nSPS) is 32.3. The molecular formula is C20H28N2O3. The maximum atomic E-state index is 13.0. The summed E-state index contributed by atoms with van der Waals surface area (Å²) < 4.78 is 5.85. The van der Waals surface area contributed by atoms with Gasteiger partial charge >= 0.3 is 0 Å². The van der Waals surface area contributed by atoms with Crippen molar-refractivity contribution in [3.63, 3.8) is 0 Å². The molecule has 0 spiro atoms. The number of carbonyl (C=O) groups excluding carboxylic acids is 1. The first-order valence-corrected chi connectivity index (χ1v) is 9.43. The van der Waals surface area contributed by atoms with Crippen LogP contribution in [0, 0.1) is 0 Å². The Bertz CT molecular complexity index is 650. The Morgan fingerprint density at radius 3 is 2.88 bits per heavy atom. The van der Waals surface area contributed by atoms with Crippen molar-refractivity contribution in [3.05, 3.63) is 35.4 Å². The molecule has 2 heterocycles. The van der Waals surface area contributed by atoms with Crippen LogP contribution < -0.4 is 0 Å². The maximum Gasteiger partial charge on any atom is 0.237 e. The zero-order chi connectivity index (χ0) is 17.4. The lowest BCUT2D eigenvalue weighted by Crippen LogP contribution is -2.54. The van der Waals surface area contributed by atoms with Crippen molar-refractivity contribution >= 4 is 5.91 Å². The van der Waals surface area contributed by atoms with Gasteiger partial charge in [0.25, 0.3) is 0 Å². The standard InChI is InChI=1S/C20H28N2O3/c1-25-20-8-6-17(23)12-18(20)22(11-9-20)19(24)14-21-10-7-15-4-2-3-5-16(15)13-21/h2-5,17-18,23H,6-14H2,1H3/t17-,18-,20+/m1/s1. The zero-order valence-electron chi connectivity index (χ0n) is 15.0. The molecule has 2 fully saturated rings. The van der Waals surface area contributed by atoms with Crippen molar-refractivity contribution in [2.75, 3.05) is 26.7 Å². The zero-order valence-corrected chi connectivity index (χ0v) is 15.0. The molecule has 136 valence electrons. The number of benzene rings is 1. The molecule has 1 amide bonds. The Balaban J connectivity index is 1.43. The Hall–Kier alpha value is -1.43. The predicted molar refractivity (Wildman–Crippen MR) is 95.1 cm³/mol. The minimum atomic E-state index is -0.316. The van der Waals surface area contributed by atoms with Crippen LogP contribution in [0.5, 0.6) is 0 Å². The van der Waals surface area contributed by atoms with Crippen LogP contribution >= 0.6 is 0 Å². The summed E-state index contributed by atoms with van der Waals surface area (Å²) in [6, 6.07) is 8.52. The molecule has 3 aliphatic rings. The molecule has 4 rings (SSSR count). The van der Waals surface area contributed by atoms with Gasteiger partial charge in [-0.3, -0.25) is 9.69 Å². The quantitative estimate of drug-likeness (QED) is 0.904. The van der Waals surface area contributed by atoms with E-state index in [4.69, 9.17) is 4.74 Å². The number of amides is 1. The van der Waals surface area contributed by atoms with E-state index in [1.54, 1.807) is 7.11 Å². The van der Waals surface area contributed by atoms with Crippen LogP contribution in [0.15, 0.2) is 24.3 Å². The fraction of sp³-hybridized carbons (Fsp3) is 0.650. The van der Waals surface area contributed by atoms with Gasteiger partial charge in [-0.25, -0.2) is 0 Å². The molecule has 2 aliphatic heterocycles. The maximum absolute atomic E-state index is 13.0. The lowest BCUT2D eigenvalue weighted by Gasteiger charge is -2.42. The second-order valence-electron chi connectivity index (χ2n) is 7.78. The van der Waals surface area contributed by atoms with Crippen LogP contribution in [0.25, 0.3) is 0 Å². The SMILES string of the molecule is CO[C@]12CC[C@@H](O)C[C@H]1N(C(=O)CN1CCc3ccccc3C1)CC2. The van der Waals surface area contributed by atoms with E-state index in [0.29, 0.717) is 13.0 Å². The summed E-state index contributed by atoms with van der Waals surface area (Å²) in [5, 5.41) is 10.1. The van der Waals surface area contributed by atoms with Crippen molar-refractivity contribution in [2.45, 2.75) is 56.4 Å². The molecule has 0 radical (unpaired) electrons. The van der Waals surface area contributed by atoms with Gasteiger partial charge in [0.1, 0.15) is 0 Å². The molecule has 1 aliphatic carbocycles. The molecule has 0 unspecified atom stereocenters. The Labute approximate surface area is 149 Å². The first kappa shape index (κ1) is 17.0. The van der Waals surface area contributed by atoms with Crippen molar-refractivity contribution in [2.24, 2.45) is 0 Å². The molecule has 0 bridgehead atoms. The molecule has 1 aromatic carbocycles.